The minimum Gasteiger partial charge on any atom is -0.467 e. The van der Waals surface area contributed by atoms with Crippen LogP contribution < -0.4 is 5.32 Å². The van der Waals surface area contributed by atoms with E-state index in [1.807, 2.05) is 36.6 Å². The second kappa shape index (κ2) is 9.54. The Labute approximate surface area is 146 Å². The predicted octanol–water partition coefficient (Wildman–Crippen LogP) is 2.06. The van der Waals surface area contributed by atoms with Crippen LogP contribution in [-0.2, 0) is 14.3 Å². The minimum absolute atomic E-state index is 0.145. The predicted molar refractivity (Wildman–Crippen MR) is 94.0 cm³/mol. The van der Waals surface area contributed by atoms with Crippen LogP contribution in [0.15, 0.2) is 30.3 Å². The zero-order valence-corrected chi connectivity index (χ0v) is 14.9. The lowest BCUT2D eigenvalue weighted by Gasteiger charge is -2.34. The normalized spacial score (nSPS) is 18.8. The number of ether oxygens (including phenoxy) is 2. The standard InChI is InChI=1S/C17H24N2O4S/c1-22-16(20)14(8-11-24-2)18-17(21)19-9-10-23-15(12-19)13-6-4-3-5-7-13/h3-7,14-15H,8-12H2,1-2H3,(H,18,21)/t14-,15+/m0/s1. The van der Waals surface area contributed by atoms with Crippen LogP contribution in [0.2, 0.25) is 0 Å². The summed E-state index contributed by atoms with van der Waals surface area (Å²) in [7, 11) is 1.33. The van der Waals surface area contributed by atoms with Gasteiger partial charge in [-0.05, 0) is 24.0 Å². The molecule has 7 heteroatoms. The maximum Gasteiger partial charge on any atom is 0.328 e. The lowest BCUT2D eigenvalue weighted by atomic mass is 10.1. The third-order valence-electron chi connectivity index (χ3n) is 3.92. The number of esters is 1. The van der Waals surface area contributed by atoms with Crippen LogP contribution in [0.3, 0.4) is 0 Å². The molecule has 2 amide bonds. The van der Waals surface area contributed by atoms with E-state index in [1.165, 1.54) is 7.11 Å². The summed E-state index contributed by atoms with van der Waals surface area (Å²) in [5, 5.41) is 2.79. The van der Waals surface area contributed by atoms with Crippen LogP contribution >= 0.6 is 11.8 Å². The number of urea groups is 1. The first kappa shape index (κ1) is 18.6. The number of carbonyl (C=O) groups is 2. The number of thioether (sulfide) groups is 1. The van der Waals surface area contributed by atoms with Crippen molar-refractivity contribution in [2.24, 2.45) is 0 Å². The summed E-state index contributed by atoms with van der Waals surface area (Å²) in [5.41, 5.74) is 1.04. The first-order valence-corrected chi connectivity index (χ1v) is 9.34. The molecule has 1 N–H and O–H groups in total. The summed E-state index contributed by atoms with van der Waals surface area (Å²) in [6.45, 7) is 1.44. The smallest absolute Gasteiger partial charge is 0.328 e. The highest BCUT2D eigenvalue weighted by Crippen LogP contribution is 2.22. The van der Waals surface area contributed by atoms with Gasteiger partial charge in [0.05, 0.1) is 20.3 Å². The lowest BCUT2D eigenvalue weighted by molar-refractivity contribution is -0.142. The van der Waals surface area contributed by atoms with E-state index in [0.29, 0.717) is 26.1 Å². The zero-order chi connectivity index (χ0) is 17.4. The van der Waals surface area contributed by atoms with E-state index in [-0.39, 0.29) is 12.1 Å². The molecule has 2 rings (SSSR count). The van der Waals surface area contributed by atoms with Crippen LogP contribution in [0, 0.1) is 0 Å². The van der Waals surface area contributed by atoms with Gasteiger partial charge in [-0.3, -0.25) is 0 Å². The Hall–Kier alpha value is -1.73. The number of hydrogen-bond donors (Lipinski definition) is 1. The van der Waals surface area contributed by atoms with Crippen LogP contribution in [-0.4, -0.2) is 61.8 Å². The Morgan fingerprint density at radius 3 is 2.83 bits per heavy atom. The van der Waals surface area contributed by atoms with Gasteiger partial charge < -0.3 is 19.7 Å². The van der Waals surface area contributed by atoms with Gasteiger partial charge in [0.15, 0.2) is 0 Å². The lowest BCUT2D eigenvalue weighted by Crippen LogP contribution is -2.52. The molecule has 1 fully saturated rings. The molecule has 0 saturated carbocycles. The average Bonchev–Trinajstić information content (AvgIpc) is 2.65. The number of amides is 2. The molecule has 132 valence electrons. The molecular formula is C17H24N2O4S. The van der Waals surface area contributed by atoms with E-state index in [9.17, 15) is 9.59 Å². The number of nitrogens with one attached hydrogen (secondary N) is 1. The molecule has 0 unspecified atom stereocenters. The number of hydrogen-bond acceptors (Lipinski definition) is 5. The van der Waals surface area contributed by atoms with Crippen molar-refractivity contribution in [3.63, 3.8) is 0 Å². The number of morpholine rings is 1. The summed E-state index contributed by atoms with van der Waals surface area (Å²) in [6.07, 6.45) is 2.36. The molecule has 1 aromatic carbocycles. The molecule has 1 aliphatic heterocycles. The van der Waals surface area contributed by atoms with E-state index < -0.39 is 12.0 Å². The molecule has 1 heterocycles. The third-order valence-corrected chi connectivity index (χ3v) is 4.56. The summed E-state index contributed by atoms with van der Waals surface area (Å²) in [6, 6.07) is 8.96. The van der Waals surface area contributed by atoms with Gasteiger partial charge in [0, 0.05) is 6.54 Å². The topological polar surface area (TPSA) is 67.9 Å². The molecule has 6 nitrogen and oxygen atoms in total. The van der Waals surface area contributed by atoms with E-state index in [2.05, 4.69) is 5.32 Å². The fraction of sp³-hybridized carbons (Fsp3) is 0.529. The zero-order valence-electron chi connectivity index (χ0n) is 14.1. The SMILES string of the molecule is COC(=O)[C@H](CCSC)NC(=O)N1CCO[C@@H](c2ccccc2)C1. The Bertz CT molecular complexity index is 541. The molecular weight excluding hydrogens is 328 g/mol. The van der Waals surface area contributed by atoms with Crippen molar-refractivity contribution in [3.05, 3.63) is 35.9 Å². The molecule has 1 aliphatic rings. The Balaban J connectivity index is 1.96. The average molecular weight is 352 g/mol. The molecule has 0 radical (unpaired) electrons. The fourth-order valence-corrected chi connectivity index (χ4v) is 3.04. The maximum absolute atomic E-state index is 12.5. The first-order valence-electron chi connectivity index (χ1n) is 7.94. The Morgan fingerprint density at radius 1 is 1.42 bits per heavy atom. The van der Waals surface area contributed by atoms with Crippen molar-refractivity contribution in [3.8, 4) is 0 Å². The van der Waals surface area contributed by atoms with Crippen LogP contribution in [0.4, 0.5) is 4.79 Å². The van der Waals surface area contributed by atoms with E-state index >= 15 is 0 Å². The molecule has 1 saturated heterocycles. The van der Waals surface area contributed by atoms with Crippen molar-refractivity contribution in [2.45, 2.75) is 18.6 Å². The van der Waals surface area contributed by atoms with E-state index in [0.717, 1.165) is 11.3 Å². The number of benzene rings is 1. The molecule has 0 spiro atoms. The van der Waals surface area contributed by atoms with Gasteiger partial charge >= 0.3 is 12.0 Å². The van der Waals surface area contributed by atoms with Crippen molar-refractivity contribution in [1.82, 2.24) is 10.2 Å². The molecule has 0 aromatic heterocycles. The molecule has 1 aromatic rings. The largest absolute Gasteiger partial charge is 0.467 e. The van der Waals surface area contributed by atoms with Gasteiger partial charge in [-0.1, -0.05) is 30.3 Å². The van der Waals surface area contributed by atoms with Crippen molar-refractivity contribution < 1.29 is 19.1 Å². The van der Waals surface area contributed by atoms with Gasteiger partial charge in [-0.25, -0.2) is 9.59 Å². The highest BCUT2D eigenvalue weighted by molar-refractivity contribution is 7.98. The van der Waals surface area contributed by atoms with Crippen molar-refractivity contribution >= 4 is 23.8 Å². The number of rotatable bonds is 6. The van der Waals surface area contributed by atoms with Gasteiger partial charge in [0.1, 0.15) is 12.1 Å². The Kier molecular flexibility index (Phi) is 7.39. The number of nitrogens with zero attached hydrogens (tertiary/aromatic N) is 1. The maximum atomic E-state index is 12.5. The van der Waals surface area contributed by atoms with Crippen molar-refractivity contribution in [1.29, 1.82) is 0 Å². The minimum atomic E-state index is -0.618. The summed E-state index contributed by atoms with van der Waals surface area (Å²) in [5.74, 6) is 0.362. The fourth-order valence-electron chi connectivity index (χ4n) is 2.57. The van der Waals surface area contributed by atoms with Crippen LogP contribution in [0.25, 0.3) is 0 Å². The Morgan fingerprint density at radius 2 is 2.17 bits per heavy atom. The van der Waals surface area contributed by atoms with Gasteiger partial charge in [-0.15, -0.1) is 0 Å². The van der Waals surface area contributed by atoms with Crippen LogP contribution in [0.1, 0.15) is 18.1 Å². The second-order valence-electron chi connectivity index (χ2n) is 5.52. The molecule has 24 heavy (non-hydrogen) atoms. The van der Waals surface area contributed by atoms with Crippen molar-refractivity contribution in [2.75, 3.05) is 38.8 Å². The summed E-state index contributed by atoms with van der Waals surface area (Å²) < 4.78 is 10.5. The third kappa shape index (κ3) is 5.14. The number of carbonyl (C=O) groups excluding carboxylic acids is 2. The van der Waals surface area contributed by atoms with Crippen LogP contribution in [0.5, 0.6) is 0 Å². The summed E-state index contributed by atoms with van der Waals surface area (Å²) in [4.78, 5) is 26.0. The quantitative estimate of drug-likeness (QED) is 0.794. The highest BCUT2D eigenvalue weighted by Gasteiger charge is 2.28. The van der Waals surface area contributed by atoms with E-state index in [4.69, 9.17) is 9.47 Å². The second-order valence-corrected chi connectivity index (χ2v) is 6.51. The van der Waals surface area contributed by atoms with E-state index in [1.54, 1.807) is 16.7 Å². The number of methoxy groups -OCH3 is 1. The highest BCUT2D eigenvalue weighted by atomic mass is 32.2. The molecule has 0 aliphatic carbocycles. The van der Waals surface area contributed by atoms with Gasteiger partial charge in [-0.2, -0.15) is 11.8 Å². The molecule has 2 atom stereocenters. The first-order chi connectivity index (χ1) is 11.7. The molecule has 0 bridgehead atoms. The van der Waals surface area contributed by atoms with Gasteiger partial charge in [0.25, 0.3) is 0 Å². The van der Waals surface area contributed by atoms with Gasteiger partial charge in [0.2, 0.25) is 0 Å². The summed E-state index contributed by atoms with van der Waals surface area (Å²) >= 11 is 1.63. The monoisotopic (exact) mass is 352 g/mol.